The van der Waals surface area contributed by atoms with Gasteiger partial charge in [-0.25, -0.2) is 0 Å². The van der Waals surface area contributed by atoms with Gasteiger partial charge in [-0.1, -0.05) is 43.5 Å². The molecule has 0 spiro atoms. The van der Waals surface area contributed by atoms with Gasteiger partial charge in [0, 0.05) is 5.56 Å². The third kappa shape index (κ3) is 2.94. The molecule has 0 bridgehead atoms. The van der Waals surface area contributed by atoms with Crippen LogP contribution in [0.25, 0.3) is 6.08 Å². The topological polar surface area (TPSA) is 46.3 Å². The number of anilines is 2. The second-order valence-corrected chi connectivity index (χ2v) is 6.21. The second-order valence-electron chi connectivity index (χ2n) is 6.21. The van der Waals surface area contributed by atoms with Gasteiger partial charge in [-0.05, 0) is 24.8 Å². The fourth-order valence-corrected chi connectivity index (χ4v) is 3.65. The lowest BCUT2D eigenvalue weighted by Gasteiger charge is -2.40. The Balaban J connectivity index is 2.06. The fourth-order valence-electron chi connectivity index (χ4n) is 3.65. The van der Waals surface area contributed by atoms with Crippen molar-refractivity contribution in [3.63, 3.8) is 0 Å². The average Bonchev–Trinajstić information content (AvgIpc) is 2.53. The highest BCUT2D eigenvalue weighted by atomic mass is 19.4. The molecule has 3 rings (SSSR count). The molecule has 1 saturated carbocycles. The molecule has 124 valence electrons. The summed E-state index contributed by atoms with van der Waals surface area (Å²) in [6.45, 7) is 0. The molecular formula is C17H19F3N2O. The number of carbonyl (C=O) groups is 1. The molecule has 1 amide bonds. The first-order valence-electron chi connectivity index (χ1n) is 7.86. The average molecular weight is 324 g/mol. The van der Waals surface area contributed by atoms with E-state index in [9.17, 15) is 18.0 Å². The van der Waals surface area contributed by atoms with Crippen LogP contribution in [0, 0.1) is 5.92 Å². The van der Waals surface area contributed by atoms with Crippen molar-refractivity contribution in [3.05, 3.63) is 29.8 Å². The third-order valence-electron chi connectivity index (χ3n) is 4.70. The maximum atomic E-state index is 13.1. The van der Waals surface area contributed by atoms with E-state index in [1.807, 2.05) is 0 Å². The number of fused-ring (bicyclic) bond motifs is 1. The monoisotopic (exact) mass is 324 g/mol. The minimum absolute atomic E-state index is 0.0408. The molecule has 23 heavy (non-hydrogen) atoms. The zero-order chi connectivity index (χ0) is 16.6. The molecule has 1 aliphatic carbocycles. The largest absolute Gasteiger partial charge is 0.471 e. The molecule has 0 aromatic heterocycles. The smallest absolute Gasteiger partial charge is 0.397 e. The molecule has 6 heteroatoms. The molecule has 1 unspecified atom stereocenters. The van der Waals surface area contributed by atoms with E-state index in [-0.39, 0.29) is 17.3 Å². The number of alkyl halides is 3. The van der Waals surface area contributed by atoms with Crippen LogP contribution in [-0.2, 0) is 4.79 Å². The first-order chi connectivity index (χ1) is 10.9. The quantitative estimate of drug-likeness (QED) is 0.789. The van der Waals surface area contributed by atoms with Gasteiger partial charge in [0.25, 0.3) is 0 Å². The van der Waals surface area contributed by atoms with Gasteiger partial charge in [-0.3, -0.25) is 9.69 Å². The van der Waals surface area contributed by atoms with Crippen LogP contribution < -0.4 is 10.6 Å². The minimum atomic E-state index is -4.92. The van der Waals surface area contributed by atoms with E-state index in [4.69, 9.17) is 5.73 Å². The van der Waals surface area contributed by atoms with Gasteiger partial charge in [0.05, 0.1) is 17.4 Å². The van der Waals surface area contributed by atoms with Crippen molar-refractivity contribution in [2.45, 2.75) is 44.3 Å². The number of hydrogen-bond donors (Lipinski definition) is 1. The van der Waals surface area contributed by atoms with Crippen molar-refractivity contribution in [2.24, 2.45) is 5.92 Å². The minimum Gasteiger partial charge on any atom is -0.397 e. The summed E-state index contributed by atoms with van der Waals surface area (Å²) in [6.07, 6.45) is 3.32. The van der Waals surface area contributed by atoms with E-state index in [1.165, 1.54) is 6.07 Å². The summed E-state index contributed by atoms with van der Waals surface area (Å²) >= 11 is 0. The van der Waals surface area contributed by atoms with Gasteiger partial charge < -0.3 is 5.73 Å². The van der Waals surface area contributed by atoms with Gasteiger partial charge in [0.2, 0.25) is 0 Å². The first kappa shape index (κ1) is 15.9. The summed E-state index contributed by atoms with van der Waals surface area (Å²) in [6, 6.07) is 4.31. The fraction of sp³-hybridized carbons (Fsp3) is 0.471. The van der Waals surface area contributed by atoms with Crippen LogP contribution in [0.15, 0.2) is 24.3 Å². The number of benzene rings is 1. The van der Waals surface area contributed by atoms with Crippen LogP contribution in [0.1, 0.15) is 37.7 Å². The van der Waals surface area contributed by atoms with Crippen LogP contribution in [0.3, 0.4) is 0 Å². The van der Waals surface area contributed by atoms with E-state index in [0.717, 1.165) is 37.0 Å². The highest BCUT2D eigenvalue weighted by molar-refractivity contribution is 6.04. The van der Waals surface area contributed by atoms with Gasteiger partial charge in [0.1, 0.15) is 0 Å². The Morgan fingerprint density at radius 3 is 2.52 bits per heavy atom. The third-order valence-corrected chi connectivity index (χ3v) is 4.70. The molecule has 2 aliphatic rings. The number of nitrogens with two attached hydrogens (primary N) is 1. The molecule has 0 radical (unpaired) electrons. The number of nitrogens with zero attached hydrogens (tertiary/aromatic N) is 1. The number of rotatable bonds is 1. The van der Waals surface area contributed by atoms with Crippen molar-refractivity contribution >= 4 is 23.4 Å². The summed E-state index contributed by atoms with van der Waals surface area (Å²) in [5.74, 6) is -1.80. The maximum Gasteiger partial charge on any atom is 0.471 e. The lowest BCUT2D eigenvalue weighted by atomic mass is 9.81. The van der Waals surface area contributed by atoms with E-state index >= 15 is 0 Å². The molecule has 1 atom stereocenters. The lowest BCUT2D eigenvalue weighted by molar-refractivity contribution is -0.171. The van der Waals surface area contributed by atoms with Crippen LogP contribution in [-0.4, -0.2) is 18.1 Å². The molecule has 0 saturated heterocycles. The lowest BCUT2D eigenvalue weighted by Crippen LogP contribution is -2.51. The van der Waals surface area contributed by atoms with Crippen LogP contribution in [0.2, 0.25) is 0 Å². The normalized spacial score (nSPS) is 22.0. The van der Waals surface area contributed by atoms with E-state index in [2.05, 4.69) is 0 Å². The van der Waals surface area contributed by atoms with Gasteiger partial charge >= 0.3 is 12.1 Å². The Hall–Kier alpha value is -1.98. The van der Waals surface area contributed by atoms with Crippen molar-refractivity contribution in [2.75, 3.05) is 10.6 Å². The Bertz CT molecular complexity index is 633. The van der Waals surface area contributed by atoms with E-state index in [0.29, 0.717) is 5.56 Å². The van der Waals surface area contributed by atoms with Gasteiger partial charge in [-0.2, -0.15) is 13.2 Å². The molecule has 2 N–H and O–H groups in total. The molecule has 1 aromatic rings. The molecule has 3 nitrogen and oxygen atoms in total. The number of para-hydroxylation sites is 1. The highest BCUT2D eigenvalue weighted by Gasteiger charge is 2.48. The summed E-state index contributed by atoms with van der Waals surface area (Å²) in [4.78, 5) is 13.0. The molecule has 1 fully saturated rings. The van der Waals surface area contributed by atoms with E-state index < -0.39 is 18.1 Å². The number of nitrogen functional groups attached to an aromatic ring is 1. The van der Waals surface area contributed by atoms with Crippen LogP contribution >= 0.6 is 0 Å². The second kappa shape index (κ2) is 5.91. The van der Waals surface area contributed by atoms with E-state index in [1.54, 1.807) is 24.3 Å². The standard InChI is InChI=1S/C17H19F3N2O/c18-17(19,20)16(23)22-14(11-5-2-1-3-6-11)10-9-12-7-4-8-13(21)15(12)22/h4,7-11,14H,1-3,5-6,21H2. The van der Waals surface area contributed by atoms with Crippen molar-refractivity contribution < 1.29 is 18.0 Å². The Morgan fingerprint density at radius 2 is 1.87 bits per heavy atom. The summed E-state index contributed by atoms with van der Waals surface area (Å²) in [7, 11) is 0. The molecule has 1 aliphatic heterocycles. The van der Waals surface area contributed by atoms with Crippen molar-refractivity contribution in [1.29, 1.82) is 0 Å². The number of halogens is 3. The molecular weight excluding hydrogens is 305 g/mol. The zero-order valence-electron chi connectivity index (χ0n) is 12.6. The first-order valence-corrected chi connectivity index (χ1v) is 7.86. The highest BCUT2D eigenvalue weighted by Crippen LogP contribution is 2.41. The van der Waals surface area contributed by atoms with Crippen molar-refractivity contribution in [3.8, 4) is 0 Å². The molecule has 1 aromatic carbocycles. The predicted octanol–water partition coefficient (Wildman–Crippen LogP) is 4.14. The van der Waals surface area contributed by atoms with Gasteiger partial charge in [0.15, 0.2) is 0 Å². The maximum absolute atomic E-state index is 13.1. The number of hydrogen-bond acceptors (Lipinski definition) is 2. The number of amides is 1. The summed E-state index contributed by atoms with van der Waals surface area (Å²) in [5, 5.41) is 0. The zero-order valence-corrected chi connectivity index (χ0v) is 12.6. The number of carbonyl (C=O) groups excluding carboxylic acids is 1. The predicted molar refractivity (Wildman–Crippen MR) is 83.8 cm³/mol. The van der Waals surface area contributed by atoms with Gasteiger partial charge in [-0.15, -0.1) is 0 Å². The Labute approximate surface area is 133 Å². The Kier molecular flexibility index (Phi) is 4.08. The van der Waals surface area contributed by atoms with Crippen molar-refractivity contribution in [1.82, 2.24) is 0 Å². The molecule has 1 heterocycles. The Morgan fingerprint density at radius 1 is 1.17 bits per heavy atom. The van der Waals surface area contributed by atoms with Crippen LogP contribution in [0.5, 0.6) is 0 Å². The SMILES string of the molecule is Nc1cccc2c1N(C(=O)C(F)(F)F)C(C1CCCCC1)C=C2. The summed E-state index contributed by atoms with van der Waals surface area (Å²) in [5.41, 5.74) is 6.85. The summed E-state index contributed by atoms with van der Waals surface area (Å²) < 4.78 is 39.4. The van der Waals surface area contributed by atoms with Crippen LogP contribution in [0.4, 0.5) is 24.5 Å².